The molecule has 3 aromatic carbocycles. The molecule has 1 aliphatic heterocycles. The van der Waals surface area contributed by atoms with Gasteiger partial charge in [0.1, 0.15) is 0 Å². The van der Waals surface area contributed by atoms with E-state index in [1.165, 1.54) is 11.1 Å². The Labute approximate surface area is 189 Å². The Balaban J connectivity index is 1.11. The first kappa shape index (κ1) is 20.5. The molecule has 2 atom stereocenters. The minimum absolute atomic E-state index is 0.114. The van der Waals surface area contributed by atoms with Crippen LogP contribution < -0.4 is 0 Å². The van der Waals surface area contributed by atoms with Crippen molar-refractivity contribution in [2.45, 2.75) is 18.8 Å². The van der Waals surface area contributed by atoms with Crippen LogP contribution in [0, 0.1) is 5.92 Å². The topological polar surface area (TPSA) is 40.6 Å². The van der Waals surface area contributed by atoms with Crippen molar-refractivity contribution in [3.05, 3.63) is 96.1 Å². The first-order valence-corrected chi connectivity index (χ1v) is 11.4. The van der Waals surface area contributed by atoms with Gasteiger partial charge in [0, 0.05) is 32.1 Å². The smallest absolute Gasteiger partial charge is 0.227 e. The van der Waals surface area contributed by atoms with Crippen molar-refractivity contribution < 1.29 is 9.59 Å². The molecule has 0 N–H and O–H groups in total. The maximum Gasteiger partial charge on any atom is 0.227 e. The van der Waals surface area contributed by atoms with Crippen LogP contribution in [0.4, 0.5) is 0 Å². The van der Waals surface area contributed by atoms with Gasteiger partial charge in [0.05, 0.1) is 6.42 Å². The summed E-state index contributed by atoms with van der Waals surface area (Å²) in [5.41, 5.74) is 4.62. The molecule has 2 unspecified atom stereocenters. The van der Waals surface area contributed by atoms with Crippen molar-refractivity contribution in [1.29, 1.82) is 0 Å². The maximum absolute atomic E-state index is 12.9. The molecular weight excluding hydrogens is 396 g/mol. The van der Waals surface area contributed by atoms with Crippen molar-refractivity contribution in [3.8, 4) is 11.1 Å². The van der Waals surface area contributed by atoms with E-state index in [-0.39, 0.29) is 17.7 Å². The van der Waals surface area contributed by atoms with Crippen LogP contribution in [-0.4, -0.2) is 47.8 Å². The summed E-state index contributed by atoms with van der Waals surface area (Å²) in [5.74, 6) is 0.866. The highest BCUT2D eigenvalue weighted by molar-refractivity contribution is 5.84. The molecule has 162 valence electrons. The van der Waals surface area contributed by atoms with Crippen LogP contribution in [-0.2, 0) is 16.0 Å². The van der Waals surface area contributed by atoms with Crippen molar-refractivity contribution in [1.82, 2.24) is 9.80 Å². The molecule has 2 fully saturated rings. The second kappa shape index (κ2) is 8.99. The Morgan fingerprint density at radius 1 is 0.688 bits per heavy atom. The van der Waals surface area contributed by atoms with Gasteiger partial charge in [-0.15, -0.1) is 0 Å². The molecule has 0 aromatic heterocycles. The highest BCUT2D eigenvalue weighted by atomic mass is 16.2. The summed E-state index contributed by atoms with van der Waals surface area (Å²) in [4.78, 5) is 29.5. The van der Waals surface area contributed by atoms with Gasteiger partial charge < -0.3 is 9.80 Å². The van der Waals surface area contributed by atoms with Gasteiger partial charge in [-0.1, -0.05) is 84.9 Å². The summed E-state index contributed by atoms with van der Waals surface area (Å²) in [7, 11) is 0. The molecule has 4 heteroatoms. The molecular formula is C28H28N2O2. The van der Waals surface area contributed by atoms with Crippen LogP contribution in [0.15, 0.2) is 84.9 Å². The highest BCUT2D eigenvalue weighted by Crippen LogP contribution is 2.48. The molecule has 1 saturated carbocycles. The fourth-order valence-corrected chi connectivity index (χ4v) is 4.68. The second-order valence-electron chi connectivity index (χ2n) is 8.81. The zero-order chi connectivity index (χ0) is 21.9. The molecule has 3 aromatic rings. The van der Waals surface area contributed by atoms with Crippen LogP contribution in [0.5, 0.6) is 0 Å². The fraction of sp³-hybridized carbons (Fsp3) is 0.286. The van der Waals surface area contributed by atoms with Gasteiger partial charge in [0.15, 0.2) is 0 Å². The first-order chi connectivity index (χ1) is 15.7. The lowest BCUT2D eigenvalue weighted by Gasteiger charge is -2.35. The Bertz CT molecular complexity index is 1070. The van der Waals surface area contributed by atoms with Gasteiger partial charge in [-0.2, -0.15) is 0 Å². The average molecular weight is 425 g/mol. The number of amides is 2. The van der Waals surface area contributed by atoms with Crippen molar-refractivity contribution >= 4 is 11.8 Å². The molecule has 1 saturated heterocycles. The number of hydrogen-bond acceptors (Lipinski definition) is 2. The molecule has 4 nitrogen and oxygen atoms in total. The summed E-state index contributed by atoms with van der Waals surface area (Å²) in [6.45, 7) is 2.51. The van der Waals surface area contributed by atoms with Crippen LogP contribution in [0.3, 0.4) is 0 Å². The molecule has 0 radical (unpaired) electrons. The predicted octanol–water partition coefficient (Wildman–Crippen LogP) is 4.37. The maximum atomic E-state index is 12.9. The van der Waals surface area contributed by atoms with E-state index in [0.29, 0.717) is 38.5 Å². The van der Waals surface area contributed by atoms with E-state index < -0.39 is 0 Å². The van der Waals surface area contributed by atoms with E-state index in [0.717, 1.165) is 17.5 Å². The quantitative estimate of drug-likeness (QED) is 0.610. The number of hydrogen-bond donors (Lipinski definition) is 0. The Hall–Kier alpha value is -3.40. The van der Waals surface area contributed by atoms with Crippen LogP contribution in [0.2, 0.25) is 0 Å². The van der Waals surface area contributed by atoms with Gasteiger partial charge in [-0.25, -0.2) is 0 Å². The normalized spacial score (nSPS) is 20.1. The number of carbonyl (C=O) groups excluding carboxylic acids is 2. The third kappa shape index (κ3) is 4.45. The van der Waals surface area contributed by atoms with Crippen molar-refractivity contribution in [2.24, 2.45) is 5.92 Å². The lowest BCUT2D eigenvalue weighted by molar-refractivity contribution is -0.140. The molecule has 0 spiro atoms. The zero-order valence-corrected chi connectivity index (χ0v) is 18.2. The second-order valence-corrected chi connectivity index (χ2v) is 8.81. The molecule has 2 amide bonds. The van der Waals surface area contributed by atoms with Crippen LogP contribution in [0.25, 0.3) is 11.1 Å². The van der Waals surface area contributed by atoms with Crippen LogP contribution in [0.1, 0.15) is 23.5 Å². The van der Waals surface area contributed by atoms with Crippen molar-refractivity contribution in [3.63, 3.8) is 0 Å². The molecule has 32 heavy (non-hydrogen) atoms. The van der Waals surface area contributed by atoms with Gasteiger partial charge in [-0.05, 0) is 34.6 Å². The minimum atomic E-state index is 0.114. The minimum Gasteiger partial charge on any atom is -0.339 e. The fourth-order valence-electron chi connectivity index (χ4n) is 4.68. The zero-order valence-electron chi connectivity index (χ0n) is 18.2. The molecule has 1 heterocycles. The van der Waals surface area contributed by atoms with Crippen molar-refractivity contribution in [2.75, 3.05) is 26.2 Å². The predicted molar refractivity (Wildman–Crippen MR) is 126 cm³/mol. The summed E-state index contributed by atoms with van der Waals surface area (Å²) < 4.78 is 0. The SMILES string of the molecule is O=C(Cc1ccc(-c2ccccc2)cc1)N1CCN(C(=O)C2CC2c2ccccc2)CC1. The number of rotatable bonds is 5. The molecule has 0 bridgehead atoms. The third-order valence-electron chi connectivity index (χ3n) is 6.70. The summed E-state index contributed by atoms with van der Waals surface area (Å²) in [6, 6.07) is 28.8. The van der Waals surface area contributed by atoms with Gasteiger partial charge in [0.25, 0.3) is 0 Å². The number of nitrogens with zero attached hydrogens (tertiary/aromatic N) is 2. The molecule has 2 aliphatic rings. The van der Waals surface area contributed by atoms with E-state index in [9.17, 15) is 9.59 Å². The molecule has 1 aliphatic carbocycles. The summed E-state index contributed by atoms with van der Waals surface area (Å²) >= 11 is 0. The van der Waals surface area contributed by atoms with Gasteiger partial charge >= 0.3 is 0 Å². The summed E-state index contributed by atoms with van der Waals surface area (Å²) in [5, 5.41) is 0. The highest BCUT2D eigenvalue weighted by Gasteiger charge is 2.46. The van der Waals surface area contributed by atoms with E-state index in [1.54, 1.807) is 0 Å². The number of carbonyl (C=O) groups is 2. The number of piperazine rings is 1. The Morgan fingerprint density at radius 2 is 1.25 bits per heavy atom. The summed E-state index contributed by atoms with van der Waals surface area (Å²) in [6.07, 6.45) is 1.35. The number of benzene rings is 3. The van der Waals surface area contributed by atoms with Gasteiger partial charge in [-0.3, -0.25) is 9.59 Å². The Kier molecular flexibility index (Phi) is 5.76. The Morgan fingerprint density at radius 3 is 1.91 bits per heavy atom. The first-order valence-electron chi connectivity index (χ1n) is 11.4. The van der Waals surface area contributed by atoms with Crippen LogP contribution >= 0.6 is 0 Å². The van der Waals surface area contributed by atoms with E-state index in [4.69, 9.17) is 0 Å². The van der Waals surface area contributed by atoms with E-state index >= 15 is 0 Å². The monoisotopic (exact) mass is 424 g/mol. The van der Waals surface area contributed by atoms with E-state index in [1.807, 2.05) is 58.3 Å². The average Bonchev–Trinajstić information content (AvgIpc) is 3.66. The largest absolute Gasteiger partial charge is 0.339 e. The molecule has 5 rings (SSSR count). The van der Waals surface area contributed by atoms with Gasteiger partial charge in [0.2, 0.25) is 11.8 Å². The lowest BCUT2D eigenvalue weighted by atomic mass is 10.0. The van der Waals surface area contributed by atoms with E-state index in [2.05, 4.69) is 36.4 Å². The lowest BCUT2D eigenvalue weighted by Crippen LogP contribution is -2.51. The third-order valence-corrected chi connectivity index (χ3v) is 6.70. The standard InChI is InChI=1S/C28H28N2O2/c31-27(19-21-11-13-23(14-12-21)22-7-3-1-4-8-22)29-15-17-30(18-16-29)28(32)26-20-25(26)24-9-5-2-6-10-24/h1-14,25-26H,15-20H2.